The zero-order valence-electron chi connectivity index (χ0n) is 13.1. The van der Waals surface area contributed by atoms with E-state index in [0.717, 1.165) is 23.3 Å². The lowest BCUT2D eigenvalue weighted by Gasteiger charge is -2.13. The number of likely N-dealkylation sites (N-methyl/N-ethyl adjacent to an activating group) is 1. The summed E-state index contributed by atoms with van der Waals surface area (Å²) >= 11 is 11.9. The van der Waals surface area contributed by atoms with Crippen LogP contribution in [0, 0.1) is 0 Å². The number of amides is 2. The quantitative estimate of drug-likeness (QED) is 0.631. The maximum atomic E-state index is 11.9. The van der Waals surface area contributed by atoms with E-state index in [0.29, 0.717) is 35.6 Å². The highest BCUT2D eigenvalue weighted by Gasteiger charge is 2.24. The molecule has 1 aromatic carbocycles. The molecule has 2 amide bonds. The molecule has 1 aromatic rings. The number of carbonyl (C=O) groups excluding carboxylic acids is 2. The van der Waals surface area contributed by atoms with Crippen LogP contribution in [0.2, 0.25) is 10.0 Å². The van der Waals surface area contributed by atoms with Crippen molar-refractivity contribution in [2.24, 2.45) is 0 Å². The first-order chi connectivity index (χ1) is 10.9. The van der Waals surface area contributed by atoms with Crippen LogP contribution >= 0.6 is 23.2 Å². The molecule has 3 N–H and O–H groups in total. The summed E-state index contributed by atoms with van der Waals surface area (Å²) in [6.45, 7) is 1.08. The molecule has 0 aliphatic heterocycles. The third-order valence-electron chi connectivity index (χ3n) is 3.60. The van der Waals surface area contributed by atoms with Gasteiger partial charge in [0.1, 0.15) is 0 Å². The number of carbonyl (C=O) groups is 2. The molecular weight excluding hydrogens is 337 g/mol. The van der Waals surface area contributed by atoms with Crippen molar-refractivity contribution >= 4 is 35.0 Å². The third kappa shape index (κ3) is 6.77. The molecule has 0 bridgehead atoms. The summed E-state index contributed by atoms with van der Waals surface area (Å²) in [5.74, 6) is -0.0717. The molecule has 2 rings (SSSR count). The van der Waals surface area contributed by atoms with Gasteiger partial charge in [0.15, 0.2) is 13.1 Å². The number of halogens is 2. The zero-order valence-corrected chi connectivity index (χ0v) is 14.6. The van der Waals surface area contributed by atoms with Crippen LogP contribution in [0.3, 0.4) is 0 Å². The summed E-state index contributed by atoms with van der Waals surface area (Å²) in [7, 11) is 1.84. The normalized spacial score (nSPS) is 15.1. The van der Waals surface area contributed by atoms with E-state index < -0.39 is 0 Å². The average molecular weight is 359 g/mol. The summed E-state index contributed by atoms with van der Waals surface area (Å²) in [6.07, 6.45) is 2.78. The summed E-state index contributed by atoms with van der Waals surface area (Å²) in [4.78, 5) is 24.4. The minimum Gasteiger partial charge on any atom is -0.351 e. The van der Waals surface area contributed by atoms with Crippen LogP contribution in [0.15, 0.2) is 18.2 Å². The highest BCUT2D eigenvalue weighted by atomic mass is 35.5. The summed E-state index contributed by atoms with van der Waals surface area (Å²) in [5.41, 5.74) is 0.945. The summed E-state index contributed by atoms with van der Waals surface area (Å²) in [5, 5.41) is 6.96. The van der Waals surface area contributed by atoms with E-state index >= 15 is 0 Å². The van der Waals surface area contributed by atoms with E-state index in [-0.39, 0.29) is 18.4 Å². The van der Waals surface area contributed by atoms with Crippen molar-refractivity contribution in [2.45, 2.75) is 25.3 Å². The molecule has 7 heteroatoms. The monoisotopic (exact) mass is 358 g/mol. The number of quaternary nitrogens is 1. The van der Waals surface area contributed by atoms with E-state index in [2.05, 4.69) is 10.6 Å². The first-order valence-electron chi connectivity index (χ1n) is 7.75. The minimum absolute atomic E-state index is 0.00532. The third-order valence-corrected chi connectivity index (χ3v) is 4.19. The second kappa shape index (κ2) is 8.52. The van der Waals surface area contributed by atoms with Crippen LogP contribution in [-0.2, 0) is 16.0 Å². The maximum absolute atomic E-state index is 11.9. The number of benzene rings is 1. The lowest BCUT2D eigenvalue weighted by Crippen LogP contribution is -3.11. The van der Waals surface area contributed by atoms with Gasteiger partial charge in [-0.2, -0.15) is 0 Å². The molecule has 0 heterocycles. The molecule has 126 valence electrons. The molecular formula is C16H22Cl2N3O2+. The lowest BCUT2D eigenvalue weighted by molar-refractivity contribution is -0.862. The second-order valence-electron chi connectivity index (χ2n) is 5.99. The smallest absolute Gasteiger partial charge is 0.275 e. The Hall–Kier alpha value is -1.30. The molecule has 1 unspecified atom stereocenters. The molecule has 1 atom stereocenters. The molecule has 0 aromatic heterocycles. The molecule has 1 aliphatic rings. The predicted octanol–water partition coefficient (Wildman–Crippen LogP) is 0.445. The van der Waals surface area contributed by atoms with Crippen molar-refractivity contribution < 1.29 is 14.5 Å². The SMILES string of the molecule is C[NH+](CC(=O)NCCc1ccc(Cl)cc1Cl)CC(=O)NC1CC1. The Morgan fingerprint density at radius 1 is 1.22 bits per heavy atom. The van der Waals surface area contributed by atoms with Gasteiger partial charge < -0.3 is 15.5 Å². The maximum Gasteiger partial charge on any atom is 0.275 e. The summed E-state index contributed by atoms with van der Waals surface area (Å²) in [6, 6.07) is 5.68. The number of hydrogen-bond acceptors (Lipinski definition) is 2. The van der Waals surface area contributed by atoms with E-state index in [1.165, 1.54) is 0 Å². The van der Waals surface area contributed by atoms with Gasteiger partial charge in [0, 0.05) is 22.6 Å². The van der Waals surface area contributed by atoms with Crippen LogP contribution in [-0.4, -0.2) is 44.5 Å². The van der Waals surface area contributed by atoms with Gasteiger partial charge in [0.05, 0.1) is 7.05 Å². The van der Waals surface area contributed by atoms with Gasteiger partial charge in [-0.25, -0.2) is 0 Å². The first kappa shape index (κ1) is 18.0. The second-order valence-corrected chi connectivity index (χ2v) is 6.83. The molecule has 0 spiro atoms. The average Bonchev–Trinajstić information content (AvgIpc) is 3.24. The topological polar surface area (TPSA) is 62.6 Å². The predicted molar refractivity (Wildman–Crippen MR) is 91.0 cm³/mol. The fourth-order valence-corrected chi connectivity index (χ4v) is 2.74. The fourth-order valence-electron chi connectivity index (χ4n) is 2.24. The Labute approximate surface area is 146 Å². The Balaban J connectivity index is 1.64. The van der Waals surface area contributed by atoms with E-state index in [9.17, 15) is 9.59 Å². The van der Waals surface area contributed by atoms with Gasteiger partial charge in [-0.1, -0.05) is 29.3 Å². The first-order valence-corrected chi connectivity index (χ1v) is 8.51. The highest BCUT2D eigenvalue weighted by Crippen LogP contribution is 2.21. The number of nitrogens with one attached hydrogen (secondary N) is 3. The van der Waals surface area contributed by atoms with Gasteiger partial charge in [-0.15, -0.1) is 0 Å². The van der Waals surface area contributed by atoms with Crippen LogP contribution in [0.1, 0.15) is 18.4 Å². The van der Waals surface area contributed by atoms with Crippen molar-refractivity contribution in [1.29, 1.82) is 0 Å². The summed E-state index contributed by atoms with van der Waals surface area (Å²) < 4.78 is 0. The van der Waals surface area contributed by atoms with Gasteiger partial charge >= 0.3 is 0 Å². The van der Waals surface area contributed by atoms with Crippen LogP contribution in [0.25, 0.3) is 0 Å². The molecule has 0 saturated heterocycles. The van der Waals surface area contributed by atoms with Crippen LogP contribution in [0.5, 0.6) is 0 Å². The number of hydrogen-bond donors (Lipinski definition) is 3. The lowest BCUT2D eigenvalue weighted by atomic mass is 10.1. The van der Waals surface area contributed by atoms with E-state index in [4.69, 9.17) is 23.2 Å². The van der Waals surface area contributed by atoms with Crippen LogP contribution < -0.4 is 15.5 Å². The Morgan fingerprint density at radius 2 is 1.91 bits per heavy atom. The molecule has 1 aliphatic carbocycles. The largest absolute Gasteiger partial charge is 0.351 e. The standard InChI is InChI=1S/C16H21Cl2N3O2/c1-21(10-16(23)20-13-4-5-13)9-15(22)19-7-6-11-2-3-12(17)8-14(11)18/h2-3,8,13H,4-7,9-10H2,1H3,(H,19,22)(H,20,23)/p+1. The number of rotatable bonds is 8. The van der Waals surface area contributed by atoms with E-state index in [1.807, 2.05) is 13.1 Å². The van der Waals surface area contributed by atoms with Crippen molar-refractivity contribution in [1.82, 2.24) is 10.6 Å². The zero-order chi connectivity index (χ0) is 16.8. The molecule has 23 heavy (non-hydrogen) atoms. The minimum atomic E-state index is -0.0770. The van der Waals surface area contributed by atoms with Crippen LogP contribution in [0.4, 0.5) is 0 Å². The fraction of sp³-hybridized carbons (Fsp3) is 0.500. The van der Waals surface area contributed by atoms with Gasteiger partial charge in [-0.3, -0.25) is 9.59 Å². The van der Waals surface area contributed by atoms with E-state index in [1.54, 1.807) is 12.1 Å². The Bertz CT molecular complexity index is 576. The van der Waals surface area contributed by atoms with Gasteiger partial charge in [0.25, 0.3) is 11.8 Å². The van der Waals surface area contributed by atoms with Crippen molar-refractivity contribution in [3.05, 3.63) is 33.8 Å². The molecule has 1 saturated carbocycles. The van der Waals surface area contributed by atoms with Gasteiger partial charge in [-0.05, 0) is 37.0 Å². The molecule has 1 fully saturated rings. The van der Waals surface area contributed by atoms with Crippen molar-refractivity contribution in [3.63, 3.8) is 0 Å². The highest BCUT2D eigenvalue weighted by molar-refractivity contribution is 6.35. The molecule has 5 nitrogen and oxygen atoms in total. The Morgan fingerprint density at radius 3 is 2.57 bits per heavy atom. The van der Waals surface area contributed by atoms with Gasteiger partial charge in [0.2, 0.25) is 0 Å². The Kier molecular flexibility index (Phi) is 6.69. The van der Waals surface area contributed by atoms with Crippen molar-refractivity contribution in [2.75, 3.05) is 26.7 Å². The molecule has 0 radical (unpaired) electrons. The van der Waals surface area contributed by atoms with Crippen molar-refractivity contribution in [3.8, 4) is 0 Å².